The monoisotopic (exact) mass is 498 g/mol. The second kappa shape index (κ2) is 10.3. The lowest BCUT2D eigenvalue weighted by Crippen LogP contribution is -2.45. The highest BCUT2D eigenvalue weighted by atomic mass is 32.1. The lowest BCUT2D eigenvalue weighted by atomic mass is 10.1. The minimum Gasteiger partial charge on any atom is -0.372 e. The average Bonchev–Trinajstić information content (AvgIpc) is 3.47. The molecule has 4 heterocycles. The molecule has 188 valence electrons. The SMILES string of the molecule is C[C@H]1CN(c2cccc(-c3csc(NC(O)CNC(=O)c4ccn(C(C)(C)C)c4)n3)n2)C[C@H](C)O1. The molecule has 0 aliphatic carbocycles. The smallest absolute Gasteiger partial charge is 0.252 e. The first-order valence-corrected chi connectivity index (χ1v) is 12.7. The highest BCUT2D eigenvalue weighted by Crippen LogP contribution is 2.26. The van der Waals surface area contributed by atoms with Crippen LogP contribution in [0.5, 0.6) is 0 Å². The highest BCUT2D eigenvalue weighted by molar-refractivity contribution is 7.14. The number of hydrogen-bond acceptors (Lipinski definition) is 8. The number of aromatic nitrogens is 3. The maximum atomic E-state index is 12.4. The summed E-state index contributed by atoms with van der Waals surface area (Å²) in [6.45, 7) is 12.0. The van der Waals surface area contributed by atoms with Crippen LogP contribution in [0, 0.1) is 0 Å². The van der Waals surface area contributed by atoms with E-state index < -0.39 is 6.23 Å². The van der Waals surface area contributed by atoms with Gasteiger partial charge in [-0.25, -0.2) is 9.97 Å². The van der Waals surface area contributed by atoms with Crippen molar-refractivity contribution in [2.45, 2.75) is 58.6 Å². The number of rotatable bonds is 7. The largest absolute Gasteiger partial charge is 0.372 e. The van der Waals surface area contributed by atoms with Gasteiger partial charge >= 0.3 is 0 Å². The van der Waals surface area contributed by atoms with E-state index in [4.69, 9.17) is 9.72 Å². The summed E-state index contributed by atoms with van der Waals surface area (Å²) in [5.41, 5.74) is 1.95. The Hall–Kier alpha value is -2.95. The third-order valence-electron chi connectivity index (χ3n) is 5.72. The number of carbonyl (C=O) groups is 1. The van der Waals surface area contributed by atoms with Crippen molar-refractivity contribution >= 4 is 28.2 Å². The second-order valence-electron chi connectivity index (χ2n) is 9.93. The van der Waals surface area contributed by atoms with Crippen molar-refractivity contribution in [3.8, 4) is 11.4 Å². The molecule has 1 amide bonds. The molecule has 1 aliphatic rings. The third kappa shape index (κ3) is 6.39. The summed E-state index contributed by atoms with van der Waals surface area (Å²) >= 11 is 1.38. The van der Waals surface area contributed by atoms with E-state index in [2.05, 4.69) is 55.1 Å². The minimum absolute atomic E-state index is 0.0512. The van der Waals surface area contributed by atoms with Crippen LogP contribution in [0.3, 0.4) is 0 Å². The zero-order chi connectivity index (χ0) is 25.2. The van der Waals surface area contributed by atoms with E-state index in [0.29, 0.717) is 10.7 Å². The molecule has 1 aliphatic heterocycles. The Kier molecular flexibility index (Phi) is 7.44. The Balaban J connectivity index is 1.33. The summed E-state index contributed by atoms with van der Waals surface area (Å²) in [5.74, 6) is 0.663. The zero-order valence-electron chi connectivity index (χ0n) is 20.9. The van der Waals surface area contributed by atoms with E-state index in [1.165, 1.54) is 11.3 Å². The lowest BCUT2D eigenvalue weighted by Gasteiger charge is -2.36. The molecule has 10 heteroatoms. The first-order chi connectivity index (χ1) is 16.6. The number of hydrogen-bond donors (Lipinski definition) is 3. The zero-order valence-corrected chi connectivity index (χ0v) is 21.7. The summed E-state index contributed by atoms with van der Waals surface area (Å²) < 4.78 is 7.81. The molecular weight excluding hydrogens is 464 g/mol. The Morgan fingerprint density at radius 1 is 1.20 bits per heavy atom. The van der Waals surface area contributed by atoms with E-state index >= 15 is 0 Å². The Bertz CT molecular complexity index is 1140. The number of carbonyl (C=O) groups excluding carboxylic acids is 1. The Morgan fingerprint density at radius 2 is 1.94 bits per heavy atom. The molecule has 3 aromatic rings. The van der Waals surface area contributed by atoms with Gasteiger partial charge in [-0.15, -0.1) is 11.3 Å². The first-order valence-electron chi connectivity index (χ1n) is 11.8. The molecule has 0 bridgehead atoms. The molecule has 1 saturated heterocycles. The number of morpholine rings is 1. The number of amides is 1. The van der Waals surface area contributed by atoms with Crippen LogP contribution in [0.4, 0.5) is 10.9 Å². The van der Waals surface area contributed by atoms with Gasteiger partial charge in [-0.05, 0) is 52.8 Å². The normalized spacial score (nSPS) is 19.4. The van der Waals surface area contributed by atoms with Crippen LogP contribution in [0.15, 0.2) is 42.0 Å². The Morgan fingerprint density at radius 3 is 2.63 bits per heavy atom. The molecule has 3 atom stereocenters. The van der Waals surface area contributed by atoms with Gasteiger partial charge in [0.25, 0.3) is 5.91 Å². The van der Waals surface area contributed by atoms with E-state index in [0.717, 1.165) is 30.3 Å². The van der Waals surface area contributed by atoms with E-state index in [9.17, 15) is 9.90 Å². The number of nitrogens with one attached hydrogen (secondary N) is 2. The molecule has 1 fully saturated rings. The maximum absolute atomic E-state index is 12.4. The van der Waals surface area contributed by atoms with Gasteiger partial charge in [0.15, 0.2) is 5.13 Å². The molecule has 3 aromatic heterocycles. The van der Waals surface area contributed by atoms with Crippen molar-refractivity contribution in [1.29, 1.82) is 0 Å². The molecule has 0 aromatic carbocycles. The fraction of sp³-hybridized carbons (Fsp3) is 0.480. The molecule has 9 nitrogen and oxygen atoms in total. The van der Waals surface area contributed by atoms with Gasteiger partial charge in [-0.1, -0.05) is 6.07 Å². The highest BCUT2D eigenvalue weighted by Gasteiger charge is 2.23. The van der Waals surface area contributed by atoms with Crippen LogP contribution in [-0.2, 0) is 10.3 Å². The van der Waals surface area contributed by atoms with Gasteiger partial charge in [-0.2, -0.15) is 0 Å². The molecular formula is C25H34N6O3S. The summed E-state index contributed by atoms with van der Waals surface area (Å²) in [6, 6.07) is 7.68. The molecule has 0 radical (unpaired) electrons. The fourth-order valence-corrected chi connectivity index (χ4v) is 4.75. The predicted octanol–water partition coefficient (Wildman–Crippen LogP) is 3.54. The third-order valence-corrected chi connectivity index (χ3v) is 6.49. The number of thiazole rings is 1. The molecule has 35 heavy (non-hydrogen) atoms. The number of anilines is 2. The summed E-state index contributed by atoms with van der Waals surface area (Å²) in [5, 5.41) is 18.5. The van der Waals surface area contributed by atoms with Gasteiger partial charge < -0.3 is 29.9 Å². The van der Waals surface area contributed by atoms with Gasteiger partial charge in [0, 0.05) is 36.4 Å². The van der Waals surface area contributed by atoms with Crippen LogP contribution >= 0.6 is 11.3 Å². The van der Waals surface area contributed by atoms with E-state index in [1.54, 1.807) is 6.07 Å². The molecule has 0 spiro atoms. The summed E-state index contributed by atoms with van der Waals surface area (Å²) in [6.07, 6.45) is 3.02. The topological polar surface area (TPSA) is 105 Å². The number of pyridine rings is 1. The lowest BCUT2D eigenvalue weighted by molar-refractivity contribution is -0.00545. The van der Waals surface area contributed by atoms with Gasteiger partial charge in [0.1, 0.15) is 17.7 Å². The molecule has 4 rings (SSSR count). The number of nitrogens with zero attached hydrogens (tertiary/aromatic N) is 4. The average molecular weight is 499 g/mol. The van der Waals surface area contributed by atoms with Crippen molar-refractivity contribution in [2.24, 2.45) is 0 Å². The van der Waals surface area contributed by atoms with Crippen LogP contribution in [0.25, 0.3) is 11.4 Å². The molecule has 3 N–H and O–H groups in total. The number of aliphatic hydroxyl groups is 1. The van der Waals surface area contributed by atoms with Gasteiger partial charge in [-0.3, -0.25) is 4.79 Å². The predicted molar refractivity (Wildman–Crippen MR) is 139 cm³/mol. The molecule has 0 saturated carbocycles. The second-order valence-corrected chi connectivity index (χ2v) is 10.8. The number of ether oxygens (including phenoxy) is 1. The van der Waals surface area contributed by atoms with E-state index in [1.807, 2.05) is 40.5 Å². The van der Waals surface area contributed by atoms with Crippen LogP contribution in [-0.4, -0.2) is 63.6 Å². The van der Waals surface area contributed by atoms with Crippen LogP contribution in [0.2, 0.25) is 0 Å². The quantitative estimate of drug-likeness (QED) is 0.428. The Labute approximate surface area is 210 Å². The standard InChI is InChI=1S/C25H34N6O3S/c1-16-12-30(13-17(2)34-16)21-8-6-7-19(27-21)20-15-35-24(28-20)29-22(32)11-26-23(33)18-9-10-31(14-18)25(3,4)5/h6-10,14-17,22,32H,11-13H2,1-5H3,(H,26,33)(H,28,29)/t16-,17-,22?/m0/s1. The summed E-state index contributed by atoms with van der Waals surface area (Å²) in [7, 11) is 0. The summed E-state index contributed by atoms with van der Waals surface area (Å²) in [4.78, 5) is 24.1. The van der Waals surface area contributed by atoms with Crippen molar-refractivity contribution in [3.63, 3.8) is 0 Å². The van der Waals surface area contributed by atoms with Crippen LogP contribution < -0.4 is 15.5 Å². The van der Waals surface area contributed by atoms with Crippen molar-refractivity contribution in [2.75, 3.05) is 29.9 Å². The van der Waals surface area contributed by atoms with Crippen molar-refractivity contribution in [3.05, 3.63) is 47.6 Å². The van der Waals surface area contributed by atoms with Crippen molar-refractivity contribution in [1.82, 2.24) is 19.9 Å². The fourth-order valence-electron chi connectivity index (χ4n) is 4.00. The maximum Gasteiger partial charge on any atom is 0.252 e. The van der Waals surface area contributed by atoms with Gasteiger partial charge in [0.05, 0.1) is 30.0 Å². The van der Waals surface area contributed by atoms with Crippen LogP contribution in [0.1, 0.15) is 45.0 Å². The number of aliphatic hydroxyl groups excluding tert-OH is 1. The minimum atomic E-state index is -0.974. The van der Waals surface area contributed by atoms with Crippen molar-refractivity contribution < 1.29 is 14.6 Å². The first kappa shape index (κ1) is 25.2. The molecule has 1 unspecified atom stereocenters. The van der Waals surface area contributed by atoms with Gasteiger partial charge in [0.2, 0.25) is 0 Å². The van der Waals surface area contributed by atoms with E-state index in [-0.39, 0.29) is 30.2 Å².